The molecule has 0 unspecified atom stereocenters. The average Bonchev–Trinajstić information content (AvgIpc) is 2.92. The Hall–Kier alpha value is -1.84. The topological polar surface area (TPSA) is 36.4 Å². The molecule has 1 aromatic rings. The first-order valence-electron chi connectivity index (χ1n) is 6.65. The molecular weight excluding hydrogens is 241 g/mol. The Morgan fingerprint density at radius 2 is 2.05 bits per heavy atom. The second-order valence-electron chi connectivity index (χ2n) is 4.62. The quantitative estimate of drug-likeness (QED) is 0.495. The maximum Gasteiger partial charge on any atom is 0.191 e. The summed E-state index contributed by atoms with van der Waals surface area (Å²) in [6.45, 7) is 0.667. The minimum absolute atomic E-state index is 0.146. The van der Waals surface area contributed by atoms with Gasteiger partial charge in [0.15, 0.2) is 5.96 Å². The second kappa shape index (κ2) is 6.92. The van der Waals surface area contributed by atoms with Crippen molar-refractivity contribution in [2.45, 2.75) is 25.3 Å². The van der Waals surface area contributed by atoms with E-state index in [1.54, 1.807) is 13.1 Å². The fraction of sp³-hybridized carbons (Fsp3) is 0.400. The maximum absolute atomic E-state index is 13.4. The summed E-state index contributed by atoms with van der Waals surface area (Å²) in [4.78, 5) is 4.18. The minimum Gasteiger partial charge on any atom is -0.356 e. The van der Waals surface area contributed by atoms with E-state index in [1.165, 1.54) is 6.07 Å². The molecule has 0 heterocycles. The molecule has 1 aliphatic carbocycles. The summed E-state index contributed by atoms with van der Waals surface area (Å²) in [6, 6.07) is 7.30. The van der Waals surface area contributed by atoms with E-state index in [4.69, 9.17) is 0 Å². The van der Waals surface area contributed by atoms with Crippen LogP contribution in [-0.2, 0) is 6.42 Å². The number of hydrogen-bond acceptors (Lipinski definition) is 1. The van der Waals surface area contributed by atoms with Crippen LogP contribution in [-0.4, -0.2) is 25.6 Å². The number of benzene rings is 1. The van der Waals surface area contributed by atoms with Gasteiger partial charge in [0.25, 0.3) is 0 Å². The first-order chi connectivity index (χ1) is 9.29. The van der Waals surface area contributed by atoms with Crippen LogP contribution in [0.1, 0.15) is 18.4 Å². The smallest absolute Gasteiger partial charge is 0.191 e. The van der Waals surface area contributed by atoms with E-state index in [2.05, 4.69) is 27.8 Å². The minimum atomic E-state index is -0.146. The predicted octanol–water partition coefficient (Wildman–Crippen LogP) is 2.25. The van der Waals surface area contributed by atoms with Gasteiger partial charge in [-0.05, 0) is 30.9 Å². The van der Waals surface area contributed by atoms with Crippen LogP contribution in [0.15, 0.2) is 41.4 Å². The van der Waals surface area contributed by atoms with Gasteiger partial charge < -0.3 is 10.6 Å². The van der Waals surface area contributed by atoms with E-state index in [0.29, 0.717) is 19.0 Å². The largest absolute Gasteiger partial charge is 0.356 e. The van der Waals surface area contributed by atoms with Crippen molar-refractivity contribution in [2.75, 3.05) is 13.6 Å². The van der Waals surface area contributed by atoms with Crippen molar-refractivity contribution in [1.29, 1.82) is 0 Å². The molecule has 0 bridgehead atoms. The summed E-state index contributed by atoms with van der Waals surface area (Å²) in [5, 5.41) is 6.57. The molecular formula is C15H20FN3. The summed E-state index contributed by atoms with van der Waals surface area (Å²) in [6.07, 6.45) is 7.06. The molecule has 0 aromatic heterocycles. The summed E-state index contributed by atoms with van der Waals surface area (Å²) in [7, 11) is 1.75. The van der Waals surface area contributed by atoms with E-state index in [0.717, 1.165) is 24.4 Å². The summed E-state index contributed by atoms with van der Waals surface area (Å²) in [5.41, 5.74) is 0.730. The molecule has 0 radical (unpaired) electrons. The lowest BCUT2D eigenvalue weighted by Crippen LogP contribution is -2.43. The number of rotatable bonds is 4. The number of nitrogens with one attached hydrogen (secondary N) is 2. The van der Waals surface area contributed by atoms with Gasteiger partial charge in [-0.25, -0.2) is 4.39 Å². The Kier molecular flexibility index (Phi) is 4.95. The first-order valence-corrected chi connectivity index (χ1v) is 6.65. The number of aliphatic imine (C=N–C) groups is 1. The van der Waals surface area contributed by atoms with Crippen LogP contribution in [0.2, 0.25) is 0 Å². The van der Waals surface area contributed by atoms with Crippen LogP contribution < -0.4 is 10.6 Å². The first kappa shape index (κ1) is 13.6. The molecule has 0 amide bonds. The molecule has 0 aliphatic heterocycles. The van der Waals surface area contributed by atoms with E-state index in [1.807, 2.05) is 12.1 Å². The molecule has 3 nitrogen and oxygen atoms in total. The number of hydrogen-bond donors (Lipinski definition) is 2. The van der Waals surface area contributed by atoms with Crippen LogP contribution in [0.5, 0.6) is 0 Å². The van der Waals surface area contributed by atoms with Gasteiger partial charge >= 0.3 is 0 Å². The zero-order chi connectivity index (χ0) is 13.5. The van der Waals surface area contributed by atoms with Crippen molar-refractivity contribution in [1.82, 2.24) is 10.6 Å². The van der Waals surface area contributed by atoms with Gasteiger partial charge in [-0.3, -0.25) is 4.99 Å². The SMILES string of the molecule is CN=C(NCCc1ccccc1F)NC1CC=CC1. The lowest BCUT2D eigenvalue weighted by Gasteiger charge is -2.16. The molecule has 0 saturated carbocycles. The van der Waals surface area contributed by atoms with Crippen molar-refractivity contribution in [3.05, 3.63) is 47.8 Å². The number of guanidine groups is 1. The van der Waals surface area contributed by atoms with Gasteiger partial charge in [-0.15, -0.1) is 0 Å². The van der Waals surface area contributed by atoms with Crippen molar-refractivity contribution in [2.24, 2.45) is 4.99 Å². The zero-order valence-corrected chi connectivity index (χ0v) is 11.2. The van der Waals surface area contributed by atoms with E-state index in [9.17, 15) is 4.39 Å². The molecule has 1 aromatic carbocycles. The van der Waals surface area contributed by atoms with Gasteiger partial charge in [-0.1, -0.05) is 30.4 Å². The lowest BCUT2D eigenvalue weighted by molar-refractivity contribution is 0.603. The molecule has 0 atom stereocenters. The molecule has 2 N–H and O–H groups in total. The highest BCUT2D eigenvalue weighted by Crippen LogP contribution is 2.09. The fourth-order valence-electron chi connectivity index (χ4n) is 2.14. The molecule has 0 spiro atoms. The van der Waals surface area contributed by atoms with Crippen LogP contribution in [0.4, 0.5) is 4.39 Å². The lowest BCUT2D eigenvalue weighted by atomic mass is 10.1. The van der Waals surface area contributed by atoms with Crippen LogP contribution in [0.3, 0.4) is 0 Å². The Morgan fingerprint density at radius 3 is 2.74 bits per heavy atom. The molecule has 2 rings (SSSR count). The fourth-order valence-corrected chi connectivity index (χ4v) is 2.14. The zero-order valence-electron chi connectivity index (χ0n) is 11.2. The molecule has 19 heavy (non-hydrogen) atoms. The third-order valence-electron chi connectivity index (χ3n) is 3.22. The van der Waals surface area contributed by atoms with Crippen molar-refractivity contribution in [3.8, 4) is 0 Å². The predicted molar refractivity (Wildman–Crippen MR) is 76.8 cm³/mol. The summed E-state index contributed by atoms with van der Waals surface area (Å²) < 4.78 is 13.4. The average molecular weight is 261 g/mol. The second-order valence-corrected chi connectivity index (χ2v) is 4.62. The Bertz CT molecular complexity index is 460. The highest BCUT2D eigenvalue weighted by atomic mass is 19.1. The normalized spacial score (nSPS) is 15.8. The summed E-state index contributed by atoms with van der Waals surface area (Å²) >= 11 is 0. The van der Waals surface area contributed by atoms with Crippen LogP contribution >= 0.6 is 0 Å². The Balaban J connectivity index is 1.76. The highest BCUT2D eigenvalue weighted by molar-refractivity contribution is 5.80. The number of nitrogens with zero attached hydrogens (tertiary/aromatic N) is 1. The van der Waals surface area contributed by atoms with Gasteiger partial charge in [-0.2, -0.15) is 0 Å². The monoisotopic (exact) mass is 261 g/mol. The molecule has 0 fully saturated rings. The standard InChI is InChI=1S/C15H20FN3/c1-17-15(19-13-7-3-4-8-13)18-11-10-12-6-2-5-9-14(12)16/h2-6,9,13H,7-8,10-11H2,1H3,(H2,17,18,19). The van der Waals surface area contributed by atoms with Crippen LogP contribution in [0.25, 0.3) is 0 Å². The molecule has 4 heteroatoms. The van der Waals surface area contributed by atoms with Crippen molar-refractivity contribution < 1.29 is 4.39 Å². The third-order valence-corrected chi connectivity index (χ3v) is 3.22. The Morgan fingerprint density at radius 1 is 1.32 bits per heavy atom. The van der Waals surface area contributed by atoms with Gasteiger partial charge in [0, 0.05) is 19.6 Å². The molecule has 1 aliphatic rings. The van der Waals surface area contributed by atoms with Gasteiger partial charge in [0.05, 0.1) is 0 Å². The molecule has 102 valence electrons. The van der Waals surface area contributed by atoms with E-state index >= 15 is 0 Å². The van der Waals surface area contributed by atoms with Gasteiger partial charge in [0.2, 0.25) is 0 Å². The number of halogens is 1. The third kappa shape index (κ3) is 4.09. The highest BCUT2D eigenvalue weighted by Gasteiger charge is 2.11. The van der Waals surface area contributed by atoms with Gasteiger partial charge in [0.1, 0.15) is 5.82 Å². The molecule has 0 saturated heterocycles. The Labute approximate surface area is 113 Å². The van der Waals surface area contributed by atoms with E-state index in [-0.39, 0.29) is 5.82 Å². The van der Waals surface area contributed by atoms with Crippen molar-refractivity contribution in [3.63, 3.8) is 0 Å². The maximum atomic E-state index is 13.4. The van der Waals surface area contributed by atoms with Crippen LogP contribution in [0, 0.1) is 5.82 Å². The van der Waals surface area contributed by atoms with Crippen molar-refractivity contribution >= 4 is 5.96 Å². The van der Waals surface area contributed by atoms with E-state index < -0.39 is 0 Å². The summed E-state index contributed by atoms with van der Waals surface area (Å²) in [5.74, 6) is 0.636.